The third kappa shape index (κ3) is 2.48. The Balaban J connectivity index is 3.55. The summed E-state index contributed by atoms with van der Waals surface area (Å²) in [5.74, 6) is 0. The first kappa shape index (κ1) is 13.7. The van der Waals surface area contributed by atoms with Gasteiger partial charge in [-0.05, 0) is 20.8 Å². The van der Waals surface area contributed by atoms with Crippen LogP contribution in [0.1, 0.15) is 32.0 Å². The topological polar surface area (TPSA) is 62.5 Å². The van der Waals surface area contributed by atoms with Crippen molar-refractivity contribution in [3.8, 4) is 0 Å². The lowest BCUT2D eigenvalue weighted by molar-refractivity contribution is 0.0335. The molecule has 0 fully saturated rings. The third-order valence-electron chi connectivity index (χ3n) is 2.77. The van der Waals surface area contributed by atoms with E-state index < -0.39 is 18.1 Å². The van der Waals surface area contributed by atoms with Crippen LogP contribution in [-0.4, -0.2) is 23.4 Å². The maximum atomic E-state index is 12.2. The van der Waals surface area contributed by atoms with Gasteiger partial charge in [0.05, 0.1) is 0 Å². The molecule has 0 aromatic carbocycles. The second-order valence-electron chi connectivity index (χ2n) is 3.82. The van der Waals surface area contributed by atoms with Gasteiger partial charge in [0.25, 0.3) is 5.56 Å². The SMILES string of the molecule is COC(C)n1c(C)cc(=O)n(C(C)OC)c1=O. The maximum Gasteiger partial charge on any atom is 0.335 e. The molecule has 1 heterocycles. The summed E-state index contributed by atoms with van der Waals surface area (Å²) < 4.78 is 12.6. The molecule has 0 amide bonds. The predicted molar refractivity (Wildman–Crippen MR) is 63.1 cm³/mol. The van der Waals surface area contributed by atoms with E-state index in [0.717, 1.165) is 4.57 Å². The molecule has 2 unspecified atom stereocenters. The molecule has 2 atom stereocenters. The summed E-state index contributed by atoms with van der Waals surface area (Å²) in [5.41, 5.74) is -0.242. The highest BCUT2D eigenvalue weighted by Crippen LogP contribution is 2.06. The van der Waals surface area contributed by atoms with Crippen LogP contribution in [0.2, 0.25) is 0 Å². The highest BCUT2D eigenvalue weighted by atomic mass is 16.5. The van der Waals surface area contributed by atoms with Gasteiger partial charge in [-0.25, -0.2) is 9.36 Å². The Morgan fingerprint density at radius 1 is 1.06 bits per heavy atom. The minimum absolute atomic E-state index is 0.374. The second-order valence-corrected chi connectivity index (χ2v) is 3.82. The van der Waals surface area contributed by atoms with Crippen molar-refractivity contribution in [2.24, 2.45) is 0 Å². The molecule has 0 radical (unpaired) electrons. The number of rotatable bonds is 4. The highest BCUT2D eigenvalue weighted by Gasteiger charge is 2.16. The van der Waals surface area contributed by atoms with E-state index in [1.54, 1.807) is 20.8 Å². The molecule has 6 heteroatoms. The van der Waals surface area contributed by atoms with Crippen molar-refractivity contribution < 1.29 is 9.47 Å². The summed E-state index contributed by atoms with van der Waals surface area (Å²) in [7, 11) is 2.95. The highest BCUT2D eigenvalue weighted by molar-refractivity contribution is 5.01. The van der Waals surface area contributed by atoms with Crippen molar-refractivity contribution in [3.63, 3.8) is 0 Å². The smallest absolute Gasteiger partial charge is 0.335 e. The summed E-state index contributed by atoms with van der Waals surface area (Å²) in [5, 5.41) is 0. The zero-order chi connectivity index (χ0) is 13.2. The molecule has 6 nitrogen and oxygen atoms in total. The van der Waals surface area contributed by atoms with Gasteiger partial charge in [0.1, 0.15) is 12.5 Å². The van der Waals surface area contributed by atoms with Gasteiger partial charge in [0.15, 0.2) is 0 Å². The molecule has 0 aliphatic carbocycles. The Labute approximate surface area is 99.4 Å². The Morgan fingerprint density at radius 3 is 2.00 bits per heavy atom. The van der Waals surface area contributed by atoms with Crippen molar-refractivity contribution in [1.29, 1.82) is 0 Å². The molecule has 0 N–H and O–H groups in total. The first-order valence-corrected chi connectivity index (χ1v) is 5.34. The molecule has 1 rings (SSSR count). The normalized spacial score (nSPS) is 14.6. The van der Waals surface area contributed by atoms with Crippen LogP contribution in [0, 0.1) is 6.92 Å². The van der Waals surface area contributed by atoms with E-state index in [0.29, 0.717) is 5.69 Å². The fourth-order valence-corrected chi connectivity index (χ4v) is 1.67. The average Bonchev–Trinajstić information content (AvgIpc) is 2.27. The van der Waals surface area contributed by atoms with Gasteiger partial charge in [-0.15, -0.1) is 0 Å². The average molecular weight is 242 g/mol. The Kier molecular flexibility index (Phi) is 4.25. The summed E-state index contributed by atoms with van der Waals surface area (Å²) >= 11 is 0. The van der Waals surface area contributed by atoms with Crippen molar-refractivity contribution in [3.05, 3.63) is 32.6 Å². The van der Waals surface area contributed by atoms with E-state index in [9.17, 15) is 9.59 Å². The molecule has 0 aliphatic rings. The van der Waals surface area contributed by atoms with E-state index in [1.807, 2.05) is 0 Å². The quantitative estimate of drug-likeness (QED) is 0.777. The largest absolute Gasteiger partial charge is 0.361 e. The molecule has 0 spiro atoms. The van der Waals surface area contributed by atoms with Crippen LogP contribution in [0.4, 0.5) is 0 Å². The van der Waals surface area contributed by atoms with Gasteiger partial charge in [-0.3, -0.25) is 9.36 Å². The summed E-state index contributed by atoms with van der Waals surface area (Å²) in [4.78, 5) is 23.9. The number of nitrogens with zero attached hydrogens (tertiary/aromatic N) is 2. The van der Waals surface area contributed by atoms with Gasteiger partial charge in [-0.1, -0.05) is 0 Å². The number of aryl methyl sites for hydroxylation is 1. The Bertz CT molecular complexity index is 503. The summed E-state index contributed by atoms with van der Waals surface area (Å²) in [6, 6.07) is 1.40. The number of aromatic nitrogens is 2. The second kappa shape index (κ2) is 5.29. The van der Waals surface area contributed by atoms with Gasteiger partial charge < -0.3 is 9.47 Å². The van der Waals surface area contributed by atoms with Gasteiger partial charge >= 0.3 is 5.69 Å². The molecule has 96 valence electrons. The first-order chi connectivity index (χ1) is 7.93. The number of hydrogen-bond acceptors (Lipinski definition) is 4. The van der Waals surface area contributed by atoms with Crippen LogP contribution in [0.3, 0.4) is 0 Å². The molecule has 1 aromatic heterocycles. The monoisotopic (exact) mass is 242 g/mol. The summed E-state index contributed by atoms with van der Waals surface area (Å²) in [6.07, 6.45) is -1.04. The molecule has 0 aliphatic heterocycles. The number of hydrogen-bond donors (Lipinski definition) is 0. The lowest BCUT2D eigenvalue weighted by atomic mass is 10.4. The standard InChI is InChI=1S/C11H18N2O4/c1-7-6-10(14)13(9(3)17-5)11(15)12(7)8(2)16-4/h6,8-9H,1-5H3. The lowest BCUT2D eigenvalue weighted by Gasteiger charge is -2.20. The van der Waals surface area contributed by atoms with Gasteiger partial charge in [0.2, 0.25) is 0 Å². The lowest BCUT2D eigenvalue weighted by Crippen LogP contribution is -2.43. The van der Waals surface area contributed by atoms with Crippen molar-refractivity contribution in [2.45, 2.75) is 33.2 Å². The van der Waals surface area contributed by atoms with E-state index in [-0.39, 0.29) is 5.56 Å². The first-order valence-electron chi connectivity index (χ1n) is 5.34. The molecular formula is C11H18N2O4. The zero-order valence-electron chi connectivity index (χ0n) is 10.8. The minimum atomic E-state index is -0.606. The van der Waals surface area contributed by atoms with E-state index in [1.165, 1.54) is 24.9 Å². The van der Waals surface area contributed by atoms with E-state index in [2.05, 4.69) is 0 Å². The van der Waals surface area contributed by atoms with Crippen molar-refractivity contribution in [1.82, 2.24) is 9.13 Å². The third-order valence-corrected chi connectivity index (χ3v) is 2.77. The van der Waals surface area contributed by atoms with E-state index >= 15 is 0 Å². The van der Waals surface area contributed by atoms with Crippen LogP contribution >= 0.6 is 0 Å². The van der Waals surface area contributed by atoms with Crippen LogP contribution in [0.15, 0.2) is 15.7 Å². The van der Waals surface area contributed by atoms with Crippen LogP contribution < -0.4 is 11.2 Å². The molecule has 0 bridgehead atoms. The molecule has 1 aromatic rings. The fraction of sp³-hybridized carbons (Fsp3) is 0.636. The summed E-state index contributed by atoms with van der Waals surface area (Å²) in [6.45, 7) is 5.07. The molecular weight excluding hydrogens is 224 g/mol. The number of methoxy groups -OCH3 is 2. The minimum Gasteiger partial charge on any atom is -0.361 e. The van der Waals surface area contributed by atoms with E-state index in [4.69, 9.17) is 9.47 Å². The molecule has 0 saturated heterocycles. The Morgan fingerprint density at radius 2 is 1.53 bits per heavy atom. The van der Waals surface area contributed by atoms with Crippen LogP contribution in [0.25, 0.3) is 0 Å². The van der Waals surface area contributed by atoms with Crippen molar-refractivity contribution >= 4 is 0 Å². The molecule has 0 saturated carbocycles. The maximum absolute atomic E-state index is 12.2. The Hall–Kier alpha value is -1.40. The number of ether oxygens (including phenoxy) is 2. The van der Waals surface area contributed by atoms with Crippen LogP contribution in [-0.2, 0) is 9.47 Å². The van der Waals surface area contributed by atoms with Gasteiger partial charge in [0, 0.05) is 26.0 Å². The fourth-order valence-electron chi connectivity index (χ4n) is 1.67. The molecule has 17 heavy (non-hydrogen) atoms. The zero-order valence-corrected chi connectivity index (χ0v) is 10.8. The van der Waals surface area contributed by atoms with Gasteiger partial charge in [-0.2, -0.15) is 0 Å². The van der Waals surface area contributed by atoms with Crippen LogP contribution in [0.5, 0.6) is 0 Å². The predicted octanol–water partition coefficient (Wildman–Crippen LogP) is 0.648. The van der Waals surface area contributed by atoms with Crippen molar-refractivity contribution in [2.75, 3.05) is 14.2 Å².